The molecule has 0 saturated heterocycles. The number of methoxy groups -OCH3 is 1. The Bertz CT molecular complexity index is 1050. The summed E-state index contributed by atoms with van der Waals surface area (Å²) in [6.07, 6.45) is 4.00. The van der Waals surface area contributed by atoms with Crippen molar-refractivity contribution in [2.24, 2.45) is 0 Å². The van der Waals surface area contributed by atoms with Gasteiger partial charge in [0.2, 0.25) is 5.89 Å². The summed E-state index contributed by atoms with van der Waals surface area (Å²) in [5, 5.41) is 8.26. The van der Waals surface area contributed by atoms with Gasteiger partial charge in [0.1, 0.15) is 11.6 Å². The highest BCUT2D eigenvalue weighted by Crippen LogP contribution is 2.32. The van der Waals surface area contributed by atoms with Crippen LogP contribution in [0.5, 0.6) is 5.75 Å². The minimum Gasteiger partial charge on any atom is -0.496 e. The number of ether oxygens (including phenoxy) is 1. The molecule has 0 saturated carbocycles. The van der Waals surface area contributed by atoms with Gasteiger partial charge in [0.15, 0.2) is 0 Å². The van der Waals surface area contributed by atoms with Gasteiger partial charge in [-0.2, -0.15) is 0 Å². The van der Waals surface area contributed by atoms with E-state index in [-0.39, 0.29) is 5.82 Å². The second-order valence-electron chi connectivity index (χ2n) is 5.99. The Morgan fingerprint density at radius 1 is 0.963 bits per heavy atom. The molecule has 0 N–H and O–H groups in total. The molecule has 0 aliphatic rings. The van der Waals surface area contributed by atoms with Crippen LogP contribution in [-0.2, 0) is 6.42 Å². The number of hydrogen-bond acceptors (Lipinski definition) is 5. The number of aromatic nitrogens is 3. The van der Waals surface area contributed by atoms with Crippen LogP contribution in [0.2, 0.25) is 0 Å². The van der Waals surface area contributed by atoms with Crippen LogP contribution >= 0.6 is 0 Å². The third kappa shape index (κ3) is 3.69. The highest BCUT2D eigenvalue weighted by molar-refractivity contribution is 5.65. The second kappa shape index (κ2) is 7.37. The lowest BCUT2D eigenvalue weighted by Crippen LogP contribution is -1.93. The van der Waals surface area contributed by atoms with Crippen molar-refractivity contribution >= 4 is 0 Å². The lowest BCUT2D eigenvalue weighted by molar-refractivity contribution is 0.414. The number of benzene rings is 2. The summed E-state index contributed by atoms with van der Waals surface area (Å²) in [7, 11) is 1.59. The molecule has 0 amide bonds. The van der Waals surface area contributed by atoms with Crippen molar-refractivity contribution in [3.05, 3.63) is 83.9 Å². The second-order valence-corrected chi connectivity index (χ2v) is 5.99. The number of rotatable bonds is 5. The predicted octanol–water partition coefficient (Wildman–Crippen LogP) is 4.54. The number of nitrogens with zero attached hydrogens (tertiary/aromatic N) is 3. The van der Waals surface area contributed by atoms with E-state index >= 15 is 0 Å². The molecule has 2 heterocycles. The molecule has 6 heteroatoms. The molecule has 0 atom stereocenters. The fourth-order valence-corrected chi connectivity index (χ4v) is 2.81. The van der Waals surface area contributed by atoms with Crippen LogP contribution in [0.25, 0.3) is 22.9 Å². The summed E-state index contributed by atoms with van der Waals surface area (Å²) in [6, 6.07) is 15.9. The molecule has 2 aromatic carbocycles. The molecule has 0 radical (unpaired) electrons. The molecular weight excluding hydrogens is 345 g/mol. The summed E-state index contributed by atoms with van der Waals surface area (Å²) in [4.78, 5) is 4.06. The Morgan fingerprint density at radius 2 is 1.74 bits per heavy atom. The zero-order valence-corrected chi connectivity index (χ0v) is 14.6. The van der Waals surface area contributed by atoms with Crippen LogP contribution in [0, 0.1) is 5.82 Å². The molecule has 4 rings (SSSR count). The summed E-state index contributed by atoms with van der Waals surface area (Å²) in [5.74, 6) is 1.15. The monoisotopic (exact) mass is 361 g/mol. The molecule has 4 aromatic rings. The summed E-state index contributed by atoms with van der Waals surface area (Å²) in [5.41, 5.74) is 3.49. The zero-order valence-electron chi connectivity index (χ0n) is 14.6. The molecule has 2 aromatic heterocycles. The van der Waals surface area contributed by atoms with Gasteiger partial charge in [0, 0.05) is 12.4 Å². The quantitative estimate of drug-likeness (QED) is 0.522. The number of hydrogen-bond donors (Lipinski definition) is 0. The number of pyridine rings is 1. The normalized spacial score (nSPS) is 10.7. The van der Waals surface area contributed by atoms with E-state index in [1.807, 2.05) is 30.3 Å². The topological polar surface area (TPSA) is 61.0 Å². The van der Waals surface area contributed by atoms with Gasteiger partial charge in [-0.25, -0.2) is 4.39 Å². The van der Waals surface area contributed by atoms with E-state index in [9.17, 15) is 4.39 Å². The van der Waals surface area contributed by atoms with Crippen molar-refractivity contribution in [1.29, 1.82) is 0 Å². The first-order valence-electron chi connectivity index (χ1n) is 8.38. The average molecular weight is 361 g/mol. The van der Waals surface area contributed by atoms with E-state index in [1.165, 1.54) is 12.1 Å². The molecule has 0 aliphatic heterocycles. The fraction of sp³-hybridized carbons (Fsp3) is 0.0952. The van der Waals surface area contributed by atoms with Crippen molar-refractivity contribution in [2.45, 2.75) is 6.42 Å². The highest BCUT2D eigenvalue weighted by Gasteiger charge is 2.15. The molecule has 5 nitrogen and oxygen atoms in total. The lowest BCUT2D eigenvalue weighted by atomic mass is 10.0. The van der Waals surface area contributed by atoms with Crippen LogP contribution in [0.1, 0.15) is 11.1 Å². The SMILES string of the molecule is COc1ccc(Cc2ccc(F)cc2)cc1-c1nnc(-c2cccnc2)o1. The van der Waals surface area contributed by atoms with Crippen molar-refractivity contribution in [1.82, 2.24) is 15.2 Å². The standard InChI is InChI=1S/C21H16FN3O2/c1-26-19-9-6-15(11-14-4-7-17(22)8-5-14)12-18(19)21-25-24-20(27-21)16-3-2-10-23-13-16/h2-10,12-13H,11H2,1H3. The maximum atomic E-state index is 13.1. The Morgan fingerprint density at radius 3 is 2.48 bits per heavy atom. The summed E-state index contributed by atoms with van der Waals surface area (Å²) < 4.78 is 24.4. The zero-order chi connectivity index (χ0) is 18.6. The first kappa shape index (κ1) is 16.9. The van der Waals surface area contributed by atoms with Crippen molar-refractivity contribution in [3.63, 3.8) is 0 Å². The predicted molar refractivity (Wildman–Crippen MR) is 98.7 cm³/mol. The first-order valence-corrected chi connectivity index (χ1v) is 8.38. The van der Waals surface area contributed by atoms with E-state index in [2.05, 4.69) is 15.2 Å². The molecular formula is C21H16FN3O2. The lowest BCUT2D eigenvalue weighted by Gasteiger charge is -2.08. The van der Waals surface area contributed by atoms with E-state index in [4.69, 9.17) is 9.15 Å². The average Bonchev–Trinajstić information content (AvgIpc) is 3.20. The van der Waals surface area contributed by atoms with Crippen LogP contribution < -0.4 is 4.74 Å². The minimum atomic E-state index is -0.247. The van der Waals surface area contributed by atoms with E-state index < -0.39 is 0 Å². The molecule has 0 fully saturated rings. The third-order valence-electron chi connectivity index (χ3n) is 4.15. The van der Waals surface area contributed by atoms with E-state index in [0.29, 0.717) is 29.5 Å². The van der Waals surface area contributed by atoms with Crippen LogP contribution in [0.4, 0.5) is 4.39 Å². The Hall–Kier alpha value is -3.54. The molecule has 0 aliphatic carbocycles. The van der Waals surface area contributed by atoms with E-state index in [0.717, 1.165) is 16.7 Å². The summed E-state index contributed by atoms with van der Waals surface area (Å²) in [6.45, 7) is 0. The Labute approximate surface area is 155 Å². The van der Waals surface area contributed by atoms with Gasteiger partial charge < -0.3 is 9.15 Å². The smallest absolute Gasteiger partial charge is 0.251 e. The molecule has 0 spiro atoms. The Kier molecular flexibility index (Phi) is 4.61. The van der Waals surface area contributed by atoms with E-state index in [1.54, 1.807) is 31.6 Å². The van der Waals surface area contributed by atoms with Crippen molar-refractivity contribution in [2.75, 3.05) is 7.11 Å². The molecule has 0 bridgehead atoms. The maximum absolute atomic E-state index is 13.1. The van der Waals surface area contributed by atoms with Crippen LogP contribution in [0.15, 0.2) is 71.4 Å². The van der Waals surface area contributed by atoms with Crippen LogP contribution in [-0.4, -0.2) is 22.3 Å². The van der Waals surface area contributed by atoms with Gasteiger partial charge in [-0.15, -0.1) is 10.2 Å². The van der Waals surface area contributed by atoms with Crippen molar-refractivity contribution < 1.29 is 13.5 Å². The molecule has 0 unspecified atom stereocenters. The van der Waals surface area contributed by atoms with Gasteiger partial charge in [-0.05, 0) is 53.9 Å². The molecule has 134 valence electrons. The van der Waals surface area contributed by atoms with Gasteiger partial charge in [0.25, 0.3) is 5.89 Å². The van der Waals surface area contributed by atoms with Gasteiger partial charge in [-0.3, -0.25) is 4.98 Å². The van der Waals surface area contributed by atoms with Crippen molar-refractivity contribution in [3.8, 4) is 28.7 Å². The van der Waals surface area contributed by atoms with Gasteiger partial charge >= 0.3 is 0 Å². The largest absolute Gasteiger partial charge is 0.496 e. The van der Waals surface area contributed by atoms with Gasteiger partial charge in [0.05, 0.1) is 18.2 Å². The Balaban J connectivity index is 1.67. The first-order chi connectivity index (χ1) is 13.2. The third-order valence-corrected chi connectivity index (χ3v) is 4.15. The fourth-order valence-electron chi connectivity index (χ4n) is 2.81. The van der Waals surface area contributed by atoms with Gasteiger partial charge in [-0.1, -0.05) is 18.2 Å². The summed E-state index contributed by atoms with van der Waals surface area (Å²) >= 11 is 0. The van der Waals surface area contributed by atoms with Crippen LogP contribution in [0.3, 0.4) is 0 Å². The maximum Gasteiger partial charge on any atom is 0.251 e. The minimum absolute atomic E-state index is 0.247. The highest BCUT2D eigenvalue weighted by atomic mass is 19.1. The number of halogens is 1. The molecule has 27 heavy (non-hydrogen) atoms.